The third kappa shape index (κ3) is 3.86. The van der Waals surface area contributed by atoms with Crippen LogP contribution in [-0.4, -0.2) is 30.3 Å². The largest absolute Gasteiger partial charge is 0.303 e. The highest BCUT2D eigenvalue weighted by atomic mass is 16.1. The number of carbonyl (C=O) groups is 1. The van der Waals surface area contributed by atoms with E-state index in [9.17, 15) is 4.79 Å². The summed E-state index contributed by atoms with van der Waals surface area (Å²) in [5.41, 5.74) is 3.46. The number of nitrogens with zero attached hydrogens (tertiary/aromatic N) is 1. The summed E-state index contributed by atoms with van der Waals surface area (Å²) in [5, 5.41) is 0. The van der Waals surface area contributed by atoms with Crippen LogP contribution < -0.4 is 0 Å². The van der Waals surface area contributed by atoms with E-state index < -0.39 is 0 Å². The molecule has 3 rings (SSSR count). The van der Waals surface area contributed by atoms with Gasteiger partial charge in [-0.05, 0) is 69.3 Å². The monoisotopic (exact) mass is 297 g/mol. The lowest BCUT2D eigenvalue weighted by Gasteiger charge is -2.32. The summed E-state index contributed by atoms with van der Waals surface area (Å²) in [7, 11) is 0. The fraction of sp³-hybridized carbons (Fsp3) is 0.550. The lowest BCUT2D eigenvalue weighted by atomic mass is 9.83. The minimum absolute atomic E-state index is 0.226. The third-order valence-corrected chi connectivity index (χ3v) is 5.03. The molecule has 2 heteroatoms. The van der Waals surface area contributed by atoms with Gasteiger partial charge in [0.2, 0.25) is 0 Å². The van der Waals surface area contributed by atoms with Crippen molar-refractivity contribution >= 4 is 11.9 Å². The summed E-state index contributed by atoms with van der Waals surface area (Å²) < 4.78 is 0. The standard InChI is InChI=1S/C20H27NO/c1-16-8-10-17(11-9-16)14-18-6-5-7-19(20(18)22)15-21-12-3-2-4-13-21/h8-11,14,19H,2-7,12-13,15H2,1H3/b18-14-. The molecule has 0 amide bonds. The Bertz CT molecular complexity index is 537. The summed E-state index contributed by atoms with van der Waals surface area (Å²) in [6.45, 7) is 5.43. The smallest absolute Gasteiger partial charge is 0.163 e. The Morgan fingerprint density at radius 2 is 1.82 bits per heavy atom. The second-order valence-corrected chi connectivity index (χ2v) is 6.89. The quantitative estimate of drug-likeness (QED) is 0.778. The molecule has 0 bridgehead atoms. The highest BCUT2D eigenvalue weighted by Gasteiger charge is 2.28. The molecule has 1 saturated carbocycles. The van der Waals surface area contributed by atoms with Crippen molar-refractivity contribution in [3.05, 3.63) is 41.0 Å². The van der Waals surface area contributed by atoms with Gasteiger partial charge in [-0.1, -0.05) is 36.2 Å². The van der Waals surface area contributed by atoms with Gasteiger partial charge in [0.1, 0.15) is 0 Å². The van der Waals surface area contributed by atoms with Gasteiger partial charge in [0.05, 0.1) is 0 Å². The van der Waals surface area contributed by atoms with Crippen molar-refractivity contribution in [2.24, 2.45) is 5.92 Å². The van der Waals surface area contributed by atoms with Crippen LogP contribution in [0.15, 0.2) is 29.8 Å². The lowest BCUT2D eigenvalue weighted by Crippen LogP contribution is -2.38. The molecule has 0 N–H and O–H groups in total. The highest BCUT2D eigenvalue weighted by molar-refractivity contribution is 6.01. The van der Waals surface area contributed by atoms with Gasteiger partial charge in [-0.2, -0.15) is 0 Å². The van der Waals surface area contributed by atoms with E-state index in [0.29, 0.717) is 5.78 Å². The number of rotatable bonds is 3. The third-order valence-electron chi connectivity index (χ3n) is 5.03. The zero-order valence-electron chi connectivity index (χ0n) is 13.7. The molecule has 1 aromatic carbocycles. The maximum Gasteiger partial charge on any atom is 0.163 e. The van der Waals surface area contributed by atoms with Gasteiger partial charge in [0.15, 0.2) is 5.78 Å². The summed E-state index contributed by atoms with van der Waals surface area (Å²) in [4.78, 5) is 15.3. The van der Waals surface area contributed by atoms with E-state index in [0.717, 1.165) is 36.9 Å². The van der Waals surface area contributed by atoms with Crippen molar-refractivity contribution < 1.29 is 4.79 Å². The number of likely N-dealkylation sites (tertiary alicyclic amines) is 1. The Morgan fingerprint density at radius 1 is 1.09 bits per heavy atom. The SMILES string of the molecule is Cc1ccc(/C=C2/CCCC(CN3CCCCC3)C2=O)cc1. The molecular weight excluding hydrogens is 270 g/mol. The first-order valence-corrected chi connectivity index (χ1v) is 8.76. The molecule has 1 heterocycles. The summed E-state index contributed by atoms with van der Waals surface area (Å²) in [5.74, 6) is 0.626. The van der Waals surface area contributed by atoms with Gasteiger partial charge < -0.3 is 4.90 Å². The van der Waals surface area contributed by atoms with Crippen LogP contribution in [0.3, 0.4) is 0 Å². The average Bonchev–Trinajstić information content (AvgIpc) is 2.54. The predicted octanol–water partition coefficient (Wildman–Crippen LogP) is 4.23. The molecule has 118 valence electrons. The van der Waals surface area contributed by atoms with Crippen LogP contribution >= 0.6 is 0 Å². The van der Waals surface area contributed by atoms with Crippen LogP contribution in [0.5, 0.6) is 0 Å². The van der Waals surface area contributed by atoms with Crippen molar-refractivity contribution in [3.8, 4) is 0 Å². The van der Waals surface area contributed by atoms with Gasteiger partial charge in [-0.25, -0.2) is 0 Å². The topological polar surface area (TPSA) is 20.3 Å². The van der Waals surface area contributed by atoms with Crippen LogP contribution in [0, 0.1) is 12.8 Å². The maximum absolute atomic E-state index is 12.8. The van der Waals surface area contributed by atoms with Gasteiger partial charge in [-0.15, -0.1) is 0 Å². The molecular formula is C20H27NO. The number of aryl methyl sites for hydroxylation is 1. The Balaban J connectivity index is 1.67. The molecule has 1 saturated heterocycles. The van der Waals surface area contributed by atoms with Crippen molar-refractivity contribution in [1.82, 2.24) is 4.90 Å². The maximum atomic E-state index is 12.8. The summed E-state index contributed by atoms with van der Waals surface area (Å²) >= 11 is 0. The fourth-order valence-electron chi connectivity index (χ4n) is 3.69. The summed E-state index contributed by atoms with van der Waals surface area (Å²) in [6, 6.07) is 8.46. The zero-order chi connectivity index (χ0) is 15.4. The molecule has 2 fully saturated rings. The van der Waals surface area contributed by atoms with Crippen molar-refractivity contribution in [1.29, 1.82) is 0 Å². The summed E-state index contributed by atoms with van der Waals surface area (Å²) in [6.07, 6.45) is 9.24. The molecule has 0 spiro atoms. The van der Waals surface area contributed by atoms with E-state index >= 15 is 0 Å². The molecule has 2 nitrogen and oxygen atoms in total. The first kappa shape index (κ1) is 15.5. The Labute approximate surface area is 134 Å². The predicted molar refractivity (Wildman–Crippen MR) is 91.8 cm³/mol. The molecule has 22 heavy (non-hydrogen) atoms. The zero-order valence-corrected chi connectivity index (χ0v) is 13.7. The van der Waals surface area contributed by atoms with Crippen molar-refractivity contribution in [2.75, 3.05) is 19.6 Å². The number of allylic oxidation sites excluding steroid dienone is 1. The fourth-order valence-corrected chi connectivity index (χ4v) is 3.69. The van der Waals surface area contributed by atoms with Crippen LogP contribution in [-0.2, 0) is 4.79 Å². The number of carbonyl (C=O) groups excluding carboxylic acids is 1. The van der Waals surface area contributed by atoms with Crippen molar-refractivity contribution in [2.45, 2.75) is 45.4 Å². The number of Topliss-reactive ketones (excluding diaryl/α,β-unsaturated/α-hetero) is 1. The van der Waals surface area contributed by atoms with Gasteiger partial charge in [0, 0.05) is 12.5 Å². The molecule has 1 aliphatic carbocycles. The second-order valence-electron chi connectivity index (χ2n) is 6.89. The lowest BCUT2D eigenvalue weighted by molar-refractivity contribution is -0.121. The normalized spacial score (nSPS) is 25.6. The van der Waals surface area contributed by atoms with E-state index in [4.69, 9.17) is 0 Å². The minimum atomic E-state index is 0.226. The van der Waals surface area contributed by atoms with Crippen LogP contribution in [0.4, 0.5) is 0 Å². The molecule has 1 unspecified atom stereocenters. The Hall–Kier alpha value is -1.41. The number of hydrogen-bond donors (Lipinski definition) is 0. The molecule has 1 aliphatic heterocycles. The number of piperidine rings is 1. The minimum Gasteiger partial charge on any atom is -0.303 e. The second kappa shape index (κ2) is 7.23. The Kier molecular flexibility index (Phi) is 5.09. The Morgan fingerprint density at radius 3 is 2.55 bits per heavy atom. The van der Waals surface area contributed by atoms with Gasteiger partial charge >= 0.3 is 0 Å². The van der Waals surface area contributed by atoms with Gasteiger partial charge in [-0.3, -0.25) is 4.79 Å². The number of benzene rings is 1. The van der Waals surface area contributed by atoms with Crippen LogP contribution in [0.2, 0.25) is 0 Å². The molecule has 2 aliphatic rings. The van der Waals surface area contributed by atoms with E-state index in [1.165, 1.54) is 37.9 Å². The van der Waals surface area contributed by atoms with Crippen LogP contribution in [0.25, 0.3) is 6.08 Å². The average molecular weight is 297 g/mol. The molecule has 0 aromatic heterocycles. The van der Waals surface area contributed by atoms with E-state index in [2.05, 4.69) is 42.2 Å². The van der Waals surface area contributed by atoms with E-state index in [1.54, 1.807) is 0 Å². The molecule has 1 aromatic rings. The molecule has 0 radical (unpaired) electrons. The number of hydrogen-bond acceptors (Lipinski definition) is 2. The van der Waals surface area contributed by atoms with Gasteiger partial charge in [0.25, 0.3) is 0 Å². The first-order valence-electron chi connectivity index (χ1n) is 8.76. The van der Waals surface area contributed by atoms with Crippen LogP contribution in [0.1, 0.15) is 49.7 Å². The number of ketones is 1. The highest BCUT2D eigenvalue weighted by Crippen LogP contribution is 2.28. The van der Waals surface area contributed by atoms with E-state index in [-0.39, 0.29) is 5.92 Å². The molecule has 1 atom stereocenters. The van der Waals surface area contributed by atoms with E-state index in [1.807, 2.05) is 0 Å². The first-order chi connectivity index (χ1) is 10.7. The van der Waals surface area contributed by atoms with Crippen molar-refractivity contribution in [3.63, 3.8) is 0 Å².